The molecule has 1 aliphatic rings. The Morgan fingerprint density at radius 3 is 2.46 bits per heavy atom. The molecule has 1 saturated heterocycles. The molecule has 0 saturated carbocycles. The Hall–Kier alpha value is -3.81. The highest BCUT2D eigenvalue weighted by molar-refractivity contribution is 5.87. The number of rotatable bonds is 11. The lowest BCUT2D eigenvalue weighted by atomic mass is 9.87. The van der Waals surface area contributed by atoms with Crippen molar-refractivity contribution in [3.05, 3.63) is 95.7 Å². The van der Waals surface area contributed by atoms with E-state index in [1.807, 2.05) is 24.3 Å². The van der Waals surface area contributed by atoms with Crippen LogP contribution < -0.4 is 14.8 Å². The van der Waals surface area contributed by atoms with Gasteiger partial charge in [-0.15, -0.1) is 0 Å². The van der Waals surface area contributed by atoms with E-state index in [9.17, 15) is 4.79 Å². The summed E-state index contributed by atoms with van der Waals surface area (Å²) >= 11 is 0. The van der Waals surface area contributed by atoms with Crippen LogP contribution in [-0.4, -0.2) is 69.0 Å². The minimum atomic E-state index is -0.157. The Morgan fingerprint density at radius 1 is 0.949 bits per heavy atom. The molecule has 5 rings (SSSR count). The number of amides is 1. The first-order valence-corrected chi connectivity index (χ1v) is 13.6. The van der Waals surface area contributed by atoms with Crippen LogP contribution in [0.1, 0.15) is 29.0 Å². The third-order valence-electron chi connectivity index (χ3n) is 7.44. The molecule has 39 heavy (non-hydrogen) atoms. The van der Waals surface area contributed by atoms with Gasteiger partial charge in [-0.3, -0.25) is 9.69 Å². The van der Waals surface area contributed by atoms with E-state index in [-0.39, 0.29) is 11.8 Å². The number of aromatic nitrogens is 1. The van der Waals surface area contributed by atoms with Gasteiger partial charge < -0.3 is 24.1 Å². The first-order valence-electron chi connectivity index (χ1n) is 13.6. The van der Waals surface area contributed by atoms with Crippen molar-refractivity contribution in [2.24, 2.45) is 0 Å². The van der Waals surface area contributed by atoms with Crippen LogP contribution in [0.15, 0.2) is 79.0 Å². The topological polar surface area (TPSA) is 65.0 Å². The average molecular weight is 528 g/mol. The number of morpholine rings is 1. The zero-order valence-corrected chi connectivity index (χ0v) is 22.8. The standard InChI is InChI=1S/C32H37N3O4/c1-37-30-13-12-25(20-31(30)38-2)27(21-32(36)33-14-15-34-16-18-39-19-17-34)28-23-35(22-24-8-4-3-5-9-24)29-11-7-6-10-26(28)29/h3-13,20,23,27H,14-19,21-22H2,1-2H3,(H,33,36)/t27-/m1/s1. The first-order chi connectivity index (χ1) is 19.2. The van der Waals surface area contributed by atoms with Gasteiger partial charge in [-0.2, -0.15) is 0 Å². The summed E-state index contributed by atoms with van der Waals surface area (Å²) < 4.78 is 18.8. The van der Waals surface area contributed by atoms with Gasteiger partial charge in [-0.25, -0.2) is 0 Å². The summed E-state index contributed by atoms with van der Waals surface area (Å²) in [6, 6.07) is 24.8. The zero-order valence-electron chi connectivity index (χ0n) is 22.8. The summed E-state index contributed by atoms with van der Waals surface area (Å²) in [4.78, 5) is 15.7. The maximum absolute atomic E-state index is 13.3. The second kappa shape index (κ2) is 12.8. The van der Waals surface area contributed by atoms with Crippen LogP contribution in [0, 0.1) is 0 Å². The lowest BCUT2D eigenvalue weighted by Gasteiger charge is -2.26. The smallest absolute Gasteiger partial charge is 0.220 e. The van der Waals surface area contributed by atoms with Gasteiger partial charge in [0.1, 0.15) is 0 Å². The fourth-order valence-corrected chi connectivity index (χ4v) is 5.38. The second-order valence-corrected chi connectivity index (χ2v) is 9.89. The molecule has 0 bridgehead atoms. The Morgan fingerprint density at radius 2 is 1.69 bits per heavy atom. The maximum Gasteiger partial charge on any atom is 0.220 e. The van der Waals surface area contributed by atoms with Crippen LogP contribution in [0.3, 0.4) is 0 Å². The molecule has 1 amide bonds. The van der Waals surface area contributed by atoms with E-state index in [2.05, 4.69) is 69.5 Å². The highest BCUT2D eigenvalue weighted by Crippen LogP contribution is 2.38. The van der Waals surface area contributed by atoms with E-state index in [1.165, 1.54) is 5.56 Å². The second-order valence-electron chi connectivity index (χ2n) is 9.89. The number of benzene rings is 3. The van der Waals surface area contributed by atoms with Crippen LogP contribution >= 0.6 is 0 Å². The normalized spacial score (nSPS) is 14.7. The van der Waals surface area contributed by atoms with Crippen molar-refractivity contribution < 1.29 is 19.0 Å². The molecule has 0 radical (unpaired) electrons. The molecule has 204 valence electrons. The number of fused-ring (bicyclic) bond motifs is 1. The monoisotopic (exact) mass is 527 g/mol. The number of nitrogens with one attached hydrogen (secondary N) is 1. The van der Waals surface area contributed by atoms with Crippen LogP contribution in [0.25, 0.3) is 10.9 Å². The van der Waals surface area contributed by atoms with E-state index < -0.39 is 0 Å². The molecule has 1 aliphatic heterocycles. The fraction of sp³-hybridized carbons (Fsp3) is 0.344. The van der Waals surface area contributed by atoms with Crippen molar-refractivity contribution in [1.29, 1.82) is 0 Å². The van der Waals surface area contributed by atoms with Gasteiger partial charge >= 0.3 is 0 Å². The minimum absolute atomic E-state index is 0.0305. The summed E-state index contributed by atoms with van der Waals surface area (Å²) in [5, 5.41) is 4.31. The van der Waals surface area contributed by atoms with Gasteiger partial charge in [-0.05, 0) is 34.9 Å². The summed E-state index contributed by atoms with van der Waals surface area (Å²) in [5.41, 5.74) is 4.51. The molecule has 7 heteroatoms. The third-order valence-corrected chi connectivity index (χ3v) is 7.44. The molecule has 0 aliphatic carbocycles. The molecule has 1 N–H and O–H groups in total. The van der Waals surface area contributed by atoms with Gasteiger partial charge in [0.05, 0.1) is 27.4 Å². The van der Waals surface area contributed by atoms with Crippen LogP contribution in [0.5, 0.6) is 11.5 Å². The summed E-state index contributed by atoms with van der Waals surface area (Å²) in [6.45, 7) is 5.52. The van der Waals surface area contributed by atoms with Crippen molar-refractivity contribution in [2.75, 3.05) is 53.6 Å². The molecule has 7 nitrogen and oxygen atoms in total. The average Bonchev–Trinajstić information content (AvgIpc) is 3.34. The van der Waals surface area contributed by atoms with Crippen molar-refractivity contribution in [3.63, 3.8) is 0 Å². The quantitative estimate of drug-likeness (QED) is 0.307. The number of hydrogen-bond donors (Lipinski definition) is 1. The zero-order chi connectivity index (χ0) is 27.0. The number of para-hydroxylation sites is 1. The van der Waals surface area contributed by atoms with E-state index in [0.717, 1.165) is 61.4 Å². The van der Waals surface area contributed by atoms with Gasteiger partial charge in [0, 0.05) is 62.2 Å². The highest BCUT2D eigenvalue weighted by Gasteiger charge is 2.24. The van der Waals surface area contributed by atoms with E-state index >= 15 is 0 Å². The SMILES string of the molecule is COc1ccc([C@@H](CC(=O)NCCN2CCOCC2)c2cn(Cc3ccccc3)c3ccccc23)cc1OC. The van der Waals surface area contributed by atoms with Crippen LogP contribution in [0.2, 0.25) is 0 Å². The maximum atomic E-state index is 13.3. The molecule has 2 heterocycles. The molecular weight excluding hydrogens is 490 g/mol. The summed E-state index contributed by atoms with van der Waals surface area (Å²) in [7, 11) is 3.27. The lowest BCUT2D eigenvalue weighted by molar-refractivity contribution is -0.121. The Labute approximate surface area is 230 Å². The third kappa shape index (κ3) is 6.44. The molecule has 0 unspecified atom stereocenters. The van der Waals surface area contributed by atoms with Gasteiger partial charge in [0.25, 0.3) is 0 Å². The summed E-state index contributed by atoms with van der Waals surface area (Å²) in [5.74, 6) is 1.19. The first kappa shape index (κ1) is 26.8. The van der Waals surface area contributed by atoms with Gasteiger partial charge in [0.15, 0.2) is 11.5 Å². The number of carbonyl (C=O) groups is 1. The van der Waals surface area contributed by atoms with Crippen molar-refractivity contribution >= 4 is 16.8 Å². The molecule has 1 fully saturated rings. The van der Waals surface area contributed by atoms with E-state index in [4.69, 9.17) is 14.2 Å². The predicted molar refractivity (Wildman–Crippen MR) is 154 cm³/mol. The molecular formula is C32H37N3O4. The molecule has 4 aromatic rings. The minimum Gasteiger partial charge on any atom is -0.493 e. The molecule has 1 aromatic heterocycles. The number of hydrogen-bond acceptors (Lipinski definition) is 5. The Kier molecular flexibility index (Phi) is 8.81. The Balaban J connectivity index is 1.46. The largest absolute Gasteiger partial charge is 0.493 e. The van der Waals surface area contributed by atoms with E-state index in [1.54, 1.807) is 14.2 Å². The van der Waals surface area contributed by atoms with Crippen LogP contribution in [0.4, 0.5) is 0 Å². The summed E-state index contributed by atoms with van der Waals surface area (Å²) in [6.07, 6.45) is 2.54. The Bertz CT molecular complexity index is 1380. The number of ether oxygens (including phenoxy) is 3. The van der Waals surface area contributed by atoms with Crippen molar-refractivity contribution in [2.45, 2.75) is 18.9 Å². The number of methoxy groups -OCH3 is 2. The van der Waals surface area contributed by atoms with E-state index in [0.29, 0.717) is 24.5 Å². The number of carbonyl (C=O) groups excluding carboxylic acids is 1. The lowest BCUT2D eigenvalue weighted by Crippen LogP contribution is -2.41. The van der Waals surface area contributed by atoms with Crippen molar-refractivity contribution in [3.8, 4) is 11.5 Å². The molecule has 0 spiro atoms. The highest BCUT2D eigenvalue weighted by atomic mass is 16.5. The van der Waals surface area contributed by atoms with Crippen LogP contribution in [-0.2, 0) is 16.1 Å². The van der Waals surface area contributed by atoms with Gasteiger partial charge in [-0.1, -0.05) is 54.6 Å². The van der Waals surface area contributed by atoms with Gasteiger partial charge in [0.2, 0.25) is 5.91 Å². The number of nitrogens with zero attached hydrogens (tertiary/aromatic N) is 2. The fourth-order valence-electron chi connectivity index (χ4n) is 5.38. The predicted octanol–water partition coefficient (Wildman–Crippen LogP) is 4.68. The molecule has 3 aromatic carbocycles. The van der Waals surface area contributed by atoms with Crippen molar-refractivity contribution in [1.82, 2.24) is 14.8 Å². The molecule has 1 atom stereocenters.